The van der Waals surface area contributed by atoms with Crippen LogP contribution in [0.1, 0.15) is 12.5 Å². The quantitative estimate of drug-likeness (QED) is 0.705. The Balaban J connectivity index is 2.21. The first kappa shape index (κ1) is 14.8. The molecule has 2 aromatic carbocycles. The Labute approximate surface area is 137 Å². The van der Waals surface area contributed by atoms with Gasteiger partial charge in [0.05, 0.1) is 0 Å². The molecule has 0 aliphatic rings. The standard InChI is InChI=1S/C17H15BrN2O2/c1-2-19-16(21)14-5-3-4-6-15(14)20(17(19)22)11-12-7-9-13(18)10-8-12/h3-10H,2,11H2,1H3/p+2. The molecule has 0 unspecified atom stereocenters. The highest BCUT2D eigenvalue weighted by Gasteiger charge is 2.32. The largest absolute Gasteiger partial charge is 0.632 e. The molecule has 0 saturated carbocycles. The molecule has 0 radical (unpaired) electrons. The van der Waals surface area contributed by atoms with Crippen LogP contribution in [0.25, 0.3) is 10.9 Å². The predicted molar refractivity (Wildman–Crippen MR) is 86.6 cm³/mol. The van der Waals surface area contributed by atoms with E-state index in [-0.39, 0.29) is 11.9 Å². The van der Waals surface area contributed by atoms with Gasteiger partial charge >= 0.3 is 11.9 Å². The number of aromatic hydroxyl groups is 2. The van der Waals surface area contributed by atoms with Gasteiger partial charge in [0.15, 0.2) is 18.5 Å². The Morgan fingerprint density at radius 1 is 0.955 bits per heavy atom. The molecule has 0 aliphatic carbocycles. The first-order valence-corrected chi connectivity index (χ1v) is 7.92. The first-order valence-electron chi connectivity index (χ1n) is 7.12. The maximum atomic E-state index is 10.5. The fourth-order valence-electron chi connectivity index (χ4n) is 2.61. The average Bonchev–Trinajstić information content (AvgIpc) is 2.54. The molecule has 0 amide bonds. The Hall–Kier alpha value is -2.14. The summed E-state index contributed by atoms with van der Waals surface area (Å²) in [6, 6.07) is 15.5. The SMILES string of the molecule is CC[n+]1c(O)c2ccccc2[n+](Cc2ccc(Br)cc2)c1O. The van der Waals surface area contributed by atoms with E-state index in [4.69, 9.17) is 0 Å². The van der Waals surface area contributed by atoms with Crippen LogP contribution in [-0.2, 0) is 13.1 Å². The third-order valence-corrected chi connectivity index (χ3v) is 4.27. The number of nitrogens with zero attached hydrogens (tertiary/aromatic N) is 2. The van der Waals surface area contributed by atoms with E-state index in [1.165, 1.54) is 4.57 Å². The number of rotatable bonds is 3. The Morgan fingerprint density at radius 3 is 2.32 bits per heavy atom. The molecule has 0 atom stereocenters. The highest BCUT2D eigenvalue weighted by Crippen LogP contribution is 2.21. The van der Waals surface area contributed by atoms with Gasteiger partial charge in [-0.3, -0.25) is 0 Å². The number of hydrogen-bond acceptors (Lipinski definition) is 2. The van der Waals surface area contributed by atoms with Crippen LogP contribution in [0.15, 0.2) is 53.0 Å². The van der Waals surface area contributed by atoms with Gasteiger partial charge < -0.3 is 10.2 Å². The van der Waals surface area contributed by atoms with Crippen LogP contribution in [0.3, 0.4) is 0 Å². The van der Waals surface area contributed by atoms with Crippen LogP contribution in [0, 0.1) is 0 Å². The van der Waals surface area contributed by atoms with Crippen LogP contribution >= 0.6 is 15.9 Å². The van der Waals surface area contributed by atoms with Gasteiger partial charge in [-0.05, 0) is 25.1 Å². The van der Waals surface area contributed by atoms with Gasteiger partial charge in [0.25, 0.3) is 0 Å². The fourth-order valence-corrected chi connectivity index (χ4v) is 2.88. The summed E-state index contributed by atoms with van der Waals surface area (Å²) >= 11 is 3.42. The Morgan fingerprint density at radius 2 is 1.64 bits per heavy atom. The third-order valence-electron chi connectivity index (χ3n) is 3.74. The normalized spacial score (nSPS) is 11.0. The predicted octanol–water partition coefficient (Wildman–Crippen LogP) is 2.66. The van der Waals surface area contributed by atoms with Crippen molar-refractivity contribution in [2.24, 2.45) is 0 Å². The minimum absolute atomic E-state index is 0.0432. The summed E-state index contributed by atoms with van der Waals surface area (Å²) in [6.07, 6.45) is 0. The second-order valence-corrected chi connectivity index (χ2v) is 6.01. The fraction of sp³-hybridized carbons (Fsp3) is 0.176. The Kier molecular flexibility index (Phi) is 3.98. The molecule has 3 rings (SSSR count). The summed E-state index contributed by atoms with van der Waals surface area (Å²) in [4.78, 5) is 0. The van der Waals surface area contributed by atoms with Crippen LogP contribution in [0.4, 0.5) is 0 Å². The lowest BCUT2D eigenvalue weighted by Crippen LogP contribution is -2.48. The van der Waals surface area contributed by atoms with E-state index in [1.54, 1.807) is 0 Å². The van der Waals surface area contributed by atoms with Gasteiger partial charge in [-0.2, -0.15) is 0 Å². The van der Waals surface area contributed by atoms with Crippen LogP contribution in [-0.4, -0.2) is 10.2 Å². The maximum absolute atomic E-state index is 10.5. The second-order valence-electron chi connectivity index (χ2n) is 5.10. The van der Waals surface area contributed by atoms with Crippen molar-refractivity contribution < 1.29 is 19.3 Å². The number of fused-ring (bicyclic) bond motifs is 1. The Bertz CT molecular complexity index is 832. The van der Waals surface area contributed by atoms with E-state index in [2.05, 4.69) is 15.9 Å². The monoisotopic (exact) mass is 360 g/mol. The molecular formula is C17H17BrN2O2+2. The van der Waals surface area contributed by atoms with Crippen molar-refractivity contribution >= 4 is 26.8 Å². The molecule has 1 heterocycles. The van der Waals surface area contributed by atoms with Crippen LogP contribution < -0.4 is 9.13 Å². The zero-order valence-electron chi connectivity index (χ0n) is 12.2. The van der Waals surface area contributed by atoms with E-state index in [9.17, 15) is 10.2 Å². The van der Waals surface area contributed by atoms with Crippen LogP contribution in [0.5, 0.6) is 11.9 Å². The van der Waals surface area contributed by atoms with Crippen molar-refractivity contribution in [1.82, 2.24) is 0 Å². The molecule has 0 aliphatic heterocycles. The van der Waals surface area contributed by atoms with Gasteiger partial charge in [-0.25, -0.2) is 0 Å². The number of hydrogen-bond donors (Lipinski definition) is 2. The van der Waals surface area contributed by atoms with Crippen molar-refractivity contribution in [2.45, 2.75) is 20.0 Å². The van der Waals surface area contributed by atoms with Crippen molar-refractivity contribution in [3.8, 4) is 11.9 Å². The third kappa shape index (κ3) is 2.52. The smallest absolute Gasteiger partial charge is 0.459 e. The number of para-hydroxylation sites is 1. The highest BCUT2D eigenvalue weighted by molar-refractivity contribution is 9.10. The summed E-state index contributed by atoms with van der Waals surface area (Å²) in [5.41, 5.74) is 1.87. The van der Waals surface area contributed by atoms with Gasteiger partial charge in [-0.15, -0.1) is 0 Å². The highest BCUT2D eigenvalue weighted by atomic mass is 79.9. The summed E-state index contributed by atoms with van der Waals surface area (Å²) in [6.45, 7) is 2.90. The molecule has 112 valence electrons. The van der Waals surface area contributed by atoms with Crippen LogP contribution in [0.2, 0.25) is 0 Å². The lowest BCUT2D eigenvalue weighted by atomic mass is 10.2. The molecule has 4 nitrogen and oxygen atoms in total. The molecule has 5 heteroatoms. The first-order chi connectivity index (χ1) is 10.6. The molecule has 0 bridgehead atoms. The average molecular weight is 361 g/mol. The molecule has 3 aromatic rings. The molecule has 0 fully saturated rings. The number of halogens is 1. The molecule has 0 spiro atoms. The van der Waals surface area contributed by atoms with E-state index in [1.807, 2.05) is 60.0 Å². The van der Waals surface area contributed by atoms with E-state index < -0.39 is 0 Å². The molecule has 0 saturated heterocycles. The van der Waals surface area contributed by atoms with Crippen molar-refractivity contribution in [2.75, 3.05) is 0 Å². The molecule has 1 aromatic heterocycles. The van der Waals surface area contributed by atoms with E-state index in [0.717, 1.165) is 20.9 Å². The van der Waals surface area contributed by atoms with Crippen molar-refractivity contribution in [1.29, 1.82) is 0 Å². The molecular weight excluding hydrogens is 344 g/mol. The molecule has 2 N–H and O–H groups in total. The maximum Gasteiger partial charge on any atom is 0.632 e. The van der Waals surface area contributed by atoms with E-state index >= 15 is 0 Å². The molecule has 22 heavy (non-hydrogen) atoms. The second kappa shape index (κ2) is 5.93. The lowest BCUT2D eigenvalue weighted by molar-refractivity contribution is -0.816. The van der Waals surface area contributed by atoms with Gasteiger partial charge in [0.1, 0.15) is 0 Å². The zero-order chi connectivity index (χ0) is 15.7. The van der Waals surface area contributed by atoms with Gasteiger partial charge in [0, 0.05) is 16.1 Å². The summed E-state index contributed by atoms with van der Waals surface area (Å²) in [7, 11) is 0. The van der Waals surface area contributed by atoms with Gasteiger partial charge in [-0.1, -0.05) is 49.3 Å². The minimum atomic E-state index is 0.0432. The summed E-state index contributed by atoms with van der Waals surface area (Å²) in [5.74, 6) is 0.0858. The van der Waals surface area contributed by atoms with Crippen molar-refractivity contribution in [3.63, 3.8) is 0 Å². The van der Waals surface area contributed by atoms with Crippen molar-refractivity contribution in [3.05, 3.63) is 58.6 Å². The van der Waals surface area contributed by atoms with E-state index in [0.29, 0.717) is 13.1 Å². The minimum Gasteiger partial charge on any atom is -0.459 e. The summed E-state index contributed by atoms with van der Waals surface area (Å²) < 4.78 is 4.33. The van der Waals surface area contributed by atoms with Gasteiger partial charge in [0.2, 0.25) is 5.52 Å². The topological polar surface area (TPSA) is 48.2 Å². The number of aromatic nitrogens is 2. The zero-order valence-corrected chi connectivity index (χ0v) is 13.8. The lowest BCUT2D eigenvalue weighted by Gasteiger charge is -2.04. The summed E-state index contributed by atoms with van der Waals surface area (Å²) in [5, 5.41) is 21.6. The number of benzene rings is 2.